The van der Waals surface area contributed by atoms with Gasteiger partial charge in [0.2, 0.25) is 5.91 Å². The standard InChI is InChI=1S/C15H22FN3O2/c1-10(20)18-13-7-11(5-6-12(13)16)14(21)19(4)9-15(2,3)8-17/h5-7H,8-9,17H2,1-4H3,(H,18,20). The second kappa shape index (κ2) is 6.67. The van der Waals surface area contributed by atoms with Gasteiger partial charge >= 0.3 is 0 Å². The Kier molecular flexibility index (Phi) is 5.43. The molecule has 0 aliphatic heterocycles. The summed E-state index contributed by atoms with van der Waals surface area (Å²) in [4.78, 5) is 24.9. The maximum atomic E-state index is 13.6. The third-order valence-electron chi connectivity index (χ3n) is 3.09. The summed E-state index contributed by atoms with van der Waals surface area (Å²) in [5.74, 6) is -1.22. The van der Waals surface area contributed by atoms with Gasteiger partial charge in [0.05, 0.1) is 5.69 Å². The number of nitrogens with one attached hydrogen (secondary N) is 1. The molecule has 0 saturated carbocycles. The van der Waals surface area contributed by atoms with E-state index in [0.29, 0.717) is 18.7 Å². The highest BCUT2D eigenvalue weighted by molar-refractivity contribution is 5.96. The lowest BCUT2D eigenvalue weighted by Gasteiger charge is -2.29. The molecule has 1 aromatic carbocycles. The number of benzene rings is 1. The SMILES string of the molecule is CC(=O)Nc1cc(C(=O)N(C)CC(C)(C)CN)ccc1F. The lowest BCUT2D eigenvalue weighted by atomic mass is 9.93. The van der Waals surface area contributed by atoms with E-state index >= 15 is 0 Å². The first-order valence-corrected chi connectivity index (χ1v) is 6.69. The third-order valence-corrected chi connectivity index (χ3v) is 3.09. The van der Waals surface area contributed by atoms with Crippen molar-refractivity contribution in [3.05, 3.63) is 29.6 Å². The summed E-state index contributed by atoms with van der Waals surface area (Å²) in [5, 5.41) is 2.36. The van der Waals surface area contributed by atoms with Crippen LogP contribution in [0.4, 0.5) is 10.1 Å². The van der Waals surface area contributed by atoms with Gasteiger partial charge in [0.15, 0.2) is 0 Å². The molecule has 0 spiro atoms. The first-order valence-electron chi connectivity index (χ1n) is 6.69. The van der Waals surface area contributed by atoms with Gasteiger partial charge in [-0.1, -0.05) is 13.8 Å². The lowest BCUT2D eigenvalue weighted by molar-refractivity contribution is -0.114. The largest absolute Gasteiger partial charge is 0.341 e. The zero-order valence-electron chi connectivity index (χ0n) is 12.9. The molecule has 2 amide bonds. The number of anilines is 1. The molecule has 0 aliphatic rings. The highest BCUT2D eigenvalue weighted by atomic mass is 19.1. The van der Waals surface area contributed by atoms with Crippen molar-refractivity contribution in [2.45, 2.75) is 20.8 Å². The Morgan fingerprint density at radius 2 is 2.00 bits per heavy atom. The van der Waals surface area contributed by atoms with Gasteiger partial charge in [0, 0.05) is 26.1 Å². The molecule has 0 saturated heterocycles. The molecule has 1 aromatic rings. The van der Waals surface area contributed by atoms with Crippen LogP contribution in [0.5, 0.6) is 0 Å². The van der Waals surface area contributed by atoms with Crippen molar-refractivity contribution in [1.82, 2.24) is 4.90 Å². The first-order chi connectivity index (χ1) is 9.66. The van der Waals surface area contributed by atoms with Crippen LogP contribution < -0.4 is 11.1 Å². The maximum Gasteiger partial charge on any atom is 0.253 e. The van der Waals surface area contributed by atoms with Crippen LogP contribution in [-0.4, -0.2) is 36.9 Å². The molecule has 0 fully saturated rings. The summed E-state index contributed by atoms with van der Waals surface area (Å²) in [6.45, 7) is 6.14. The molecule has 3 N–H and O–H groups in total. The minimum Gasteiger partial charge on any atom is -0.341 e. The second-order valence-corrected chi connectivity index (χ2v) is 5.91. The van der Waals surface area contributed by atoms with Gasteiger partial charge in [-0.15, -0.1) is 0 Å². The fourth-order valence-corrected chi connectivity index (χ4v) is 1.94. The molecule has 0 radical (unpaired) electrons. The van der Waals surface area contributed by atoms with Gasteiger partial charge in [-0.25, -0.2) is 4.39 Å². The molecule has 1 rings (SSSR count). The van der Waals surface area contributed by atoms with Crippen LogP contribution in [0, 0.1) is 11.2 Å². The molecular weight excluding hydrogens is 273 g/mol. The molecular formula is C15H22FN3O2. The molecule has 0 atom stereocenters. The zero-order valence-corrected chi connectivity index (χ0v) is 12.9. The van der Waals surface area contributed by atoms with E-state index in [-0.39, 0.29) is 17.0 Å². The van der Waals surface area contributed by atoms with E-state index in [2.05, 4.69) is 5.32 Å². The predicted molar refractivity (Wildman–Crippen MR) is 80.5 cm³/mol. The summed E-state index contributed by atoms with van der Waals surface area (Å²) in [6.07, 6.45) is 0. The smallest absolute Gasteiger partial charge is 0.253 e. The molecule has 0 heterocycles. The molecule has 0 aliphatic carbocycles. The Morgan fingerprint density at radius 3 is 2.52 bits per heavy atom. The molecule has 6 heteroatoms. The van der Waals surface area contributed by atoms with E-state index in [1.807, 2.05) is 13.8 Å². The molecule has 5 nitrogen and oxygen atoms in total. The molecule has 0 aromatic heterocycles. The van der Waals surface area contributed by atoms with E-state index in [1.165, 1.54) is 30.0 Å². The highest BCUT2D eigenvalue weighted by Gasteiger charge is 2.22. The Hall–Kier alpha value is -1.95. The highest BCUT2D eigenvalue weighted by Crippen LogP contribution is 2.19. The Bertz CT molecular complexity index is 544. The molecule has 0 unspecified atom stereocenters. The third kappa shape index (κ3) is 4.82. The van der Waals surface area contributed by atoms with Crippen molar-refractivity contribution in [2.75, 3.05) is 25.5 Å². The monoisotopic (exact) mass is 295 g/mol. The zero-order chi connectivity index (χ0) is 16.2. The average molecular weight is 295 g/mol. The van der Waals surface area contributed by atoms with E-state index in [1.54, 1.807) is 7.05 Å². The Balaban J connectivity index is 2.94. The summed E-state index contributed by atoms with van der Waals surface area (Å²) in [7, 11) is 1.67. The van der Waals surface area contributed by atoms with Gasteiger partial charge in [0.1, 0.15) is 5.82 Å². The summed E-state index contributed by atoms with van der Waals surface area (Å²) < 4.78 is 13.6. The predicted octanol–water partition coefficient (Wildman–Crippen LogP) is 1.84. The van der Waals surface area contributed by atoms with Crippen molar-refractivity contribution in [2.24, 2.45) is 11.1 Å². The average Bonchev–Trinajstić information content (AvgIpc) is 2.39. The molecule has 116 valence electrons. The number of carbonyl (C=O) groups is 2. The summed E-state index contributed by atoms with van der Waals surface area (Å²) in [6, 6.07) is 3.90. The normalized spacial score (nSPS) is 11.1. The van der Waals surface area contributed by atoms with Crippen LogP contribution in [0.15, 0.2) is 18.2 Å². The first kappa shape index (κ1) is 17.1. The summed E-state index contributed by atoms with van der Waals surface area (Å²) in [5.41, 5.74) is 5.77. The fourth-order valence-electron chi connectivity index (χ4n) is 1.94. The van der Waals surface area contributed by atoms with Crippen LogP contribution in [0.1, 0.15) is 31.1 Å². The Labute approximate surface area is 124 Å². The van der Waals surface area contributed by atoms with Crippen LogP contribution in [0.2, 0.25) is 0 Å². The number of carbonyl (C=O) groups excluding carboxylic acids is 2. The maximum absolute atomic E-state index is 13.6. The van der Waals surface area contributed by atoms with Crippen molar-refractivity contribution in [1.29, 1.82) is 0 Å². The Morgan fingerprint density at radius 1 is 1.38 bits per heavy atom. The number of amides is 2. The van der Waals surface area contributed by atoms with Gasteiger partial charge in [-0.2, -0.15) is 0 Å². The van der Waals surface area contributed by atoms with E-state index in [0.717, 1.165) is 0 Å². The van der Waals surface area contributed by atoms with Crippen molar-refractivity contribution in [3.8, 4) is 0 Å². The number of hydrogen-bond acceptors (Lipinski definition) is 3. The topological polar surface area (TPSA) is 75.4 Å². The number of nitrogens with zero attached hydrogens (tertiary/aromatic N) is 1. The van der Waals surface area contributed by atoms with Gasteiger partial charge in [-0.3, -0.25) is 9.59 Å². The van der Waals surface area contributed by atoms with Gasteiger partial charge < -0.3 is 16.0 Å². The van der Waals surface area contributed by atoms with E-state index < -0.39 is 11.7 Å². The second-order valence-electron chi connectivity index (χ2n) is 5.91. The van der Waals surface area contributed by atoms with Crippen molar-refractivity contribution < 1.29 is 14.0 Å². The molecule has 21 heavy (non-hydrogen) atoms. The number of rotatable bonds is 5. The van der Waals surface area contributed by atoms with Crippen LogP contribution in [-0.2, 0) is 4.79 Å². The van der Waals surface area contributed by atoms with Crippen LogP contribution >= 0.6 is 0 Å². The van der Waals surface area contributed by atoms with Gasteiger partial charge in [-0.05, 0) is 30.2 Å². The van der Waals surface area contributed by atoms with E-state index in [4.69, 9.17) is 5.73 Å². The van der Waals surface area contributed by atoms with Crippen molar-refractivity contribution >= 4 is 17.5 Å². The van der Waals surface area contributed by atoms with Crippen molar-refractivity contribution in [3.63, 3.8) is 0 Å². The number of hydrogen-bond donors (Lipinski definition) is 2. The van der Waals surface area contributed by atoms with Crippen LogP contribution in [0.3, 0.4) is 0 Å². The fraction of sp³-hybridized carbons (Fsp3) is 0.467. The van der Waals surface area contributed by atoms with E-state index in [9.17, 15) is 14.0 Å². The summed E-state index contributed by atoms with van der Waals surface area (Å²) >= 11 is 0. The van der Waals surface area contributed by atoms with Crippen LogP contribution in [0.25, 0.3) is 0 Å². The molecule has 0 bridgehead atoms. The van der Waals surface area contributed by atoms with Gasteiger partial charge in [0.25, 0.3) is 5.91 Å². The lowest BCUT2D eigenvalue weighted by Crippen LogP contribution is -2.39. The minimum absolute atomic E-state index is 0.000153. The quantitative estimate of drug-likeness (QED) is 0.870. The minimum atomic E-state index is -0.577. The number of nitrogens with two attached hydrogens (primary N) is 1. The number of halogens is 1.